The molecule has 0 fully saturated rings. The summed E-state index contributed by atoms with van der Waals surface area (Å²) in [6.07, 6.45) is 1.54. The third-order valence-corrected chi connectivity index (χ3v) is 5.35. The summed E-state index contributed by atoms with van der Waals surface area (Å²) in [5.74, 6) is 0.779. The normalized spacial score (nSPS) is 10.8. The fraction of sp³-hybridized carbons (Fsp3) is 0.0500. The Hall–Kier alpha value is -3.43. The van der Waals surface area contributed by atoms with Crippen LogP contribution in [0.1, 0.15) is 10.4 Å². The van der Waals surface area contributed by atoms with Crippen LogP contribution in [0.5, 0.6) is 0 Å². The van der Waals surface area contributed by atoms with Crippen LogP contribution in [0.4, 0.5) is 5.69 Å². The first-order valence-electron chi connectivity index (χ1n) is 8.68. The molecule has 2 heterocycles. The number of Topliss-reactive ketones (excluding diaryl/α,β-unsaturated/α-hetero) is 1. The van der Waals surface area contributed by atoms with E-state index in [-0.39, 0.29) is 22.8 Å². The largest absolute Gasteiger partial charge is 0.461 e. The van der Waals surface area contributed by atoms with Crippen molar-refractivity contribution in [2.24, 2.45) is 0 Å². The Bertz CT molecular complexity index is 1210. The monoisotopic (exact) mass is 440 g/mol. The summed E-state index contributed by atoms with van der Waals surface area (Å²) in [4.78, 5) is 23.0. The van der Waals surface area contributed by atoms with Crippen molar-refractivity contribution in [3.8, 4) is 17.3 Å². The van der Waals surface area contributed by atoms with E-state index in [0.29, 0.717) is 21.8 Å². The number of nitro benzene ring substituents is 1. The first-order valence-corrected chi connectivity index (χ1v) is 10.0. The number of halogens is 1. The van der Waals surface area contributed by atoms with E-state index in [4.69, 9.17) is 16.0 Å². The molecule has 4 aromatic rings. The van der Waals surface area contributed by atoms with Crippen molar-refractivity contribution in [2.45, 2.75) is 5.16 Å². The van der Waals surface area contributed by atoms with Gasteiger partial charge < -0.3 is 4.42 Å². The molecule has 0 unspecified atom stereocenters. The molecule has 0 bridgehead atoms. The minimum Gasteiger partial charge on any atom is -0.461 e. The molecule has 0 atom stereocenters. The van der Waals surface area contributed by atoms with Crippen LogP contribution in [-0.4, -0.2) is 31.2 Å². The average Bonchev–Trinajstić information content (AvgIpc) is 3.42. The van der Waals surface area contributed by atoms with Gasteiger partial charge in [0.05, 0.1) is 16.9 Å². The smallest absolute Gasteiger partial charge is 0.270 e. The van der Waals surface area contributed by atoms with Gasteiger partial charge in [-0.05, 0) is 36.4 Å². The van der Waals surface area contributed by atoms with Gasteiger partial charge in [0.1, 0.15) is 0 Å². The standard InChI is InChI=1S/C20H13ClN4O4S/c21-14-6-8-15(9-7-14)24-19(18-5-2-10-29-18)22-23-20(24)30-12-17(26)13-3-1-4-16(11-13)25(27)28/h1-11H,12H2. The van der Waals surface area contributed by atoms with Crippen LogP contribution in [0.25, 0.3) is 17.3 Å². The Morgan fingerprint density at radius 3 is 2.63 bits per heavy atom. The number of rotatable bonds is 7. The number of hydrogen-bond donors (Lipinski definition) is 0. The first-order chi connectivity index (χ1) is 14.5. The number of carbonyl (C=O) groups excluding carboxylic acids is 1. The second-order valence-electron chi connectivity index (χ2n) is 6.11. The molecule has 8 nitrogen and oxygen atoms in total. The molecular formula is C20H13ClN4O4S. The molecule has 150 valence electrons. The van der Waals surface area contributed by atoms with Gasteiger partial charge in [-0.25, -0.2) is 0 Å². The number of benzene rings is 2. The summed E-state index contributed by atoms with van der Waals surface area (Å²) in [6, 6.07) is 16.3. The highest BCUT2D eigenvalue weighted by Gasteiger charge is 2.20. The fourth-order valence-corrected chi connectivity index (χ4v) is 3.73. The van der Waals surface area contributed by atoms with Crippen LogP contribution >= 0.6 is 23.4 Å². The van der Waals surface area contributed by atoms with Crippen molar-refractivity contribution >= 4 is 34.8 Å². The van der Waals surface area contributed by atoms with Gasteiger partial charge in [0, 0.05) is 28.4 Å². The summed E-state index contributed by atoms with van der Waals surface area (Å²) in [7, 11) is 0. The number of nitrogens with zero attached hydrogens (tertiary/aromatic N) is 4. The number of furan rings is 1. The van der Waals surface area contributed by atoms with Crippen molar-refractivity contribution in [1.29, 1.82) is 0 Å². The number of nitro groups is 1. The molecule has 2 aromatic carbocycles. The van der Waals surface area contributed by atoms with Crippen molar-refractivity contribution in [3.05, 3.63) is 87.6 Å². The summed E-state index contributed by atoms with van der Waals surface area (Å²) in [5.41, 5.74) is 0.886. The Morgan fingerprint density at radius 1 is 1.13 bits per heavy atom. The molecule has 2 aromatic heterocycles. The van der Waals surface area contributed by atoms with Gasteiger partial charge >= 0.3 is 0 Å². The van der Waals surface area contributed by atoms with E-state index in [1.165, 1.54) is 36.2 Å². The molecule has 4 rings (SSSR count). The zero-order valence-corrected chi connectivity index (χ0v) is 16.8. The molecule has 10 heteroatoms. The summed E-state index contributed by atoms with van der Waals surface area (Å²) < 4.78 is 7.22. The van der Waals surface area contributed by atoms with Crippen LogP contribution in [0.2, 0.25) is 5.02 Å². The van der Waals surface area contributed by atoms with E-state index in [9.17, 15) is 14.9 Å². The fourth-order valence-electron chi connectivity index (χ4n) is 2.76. The van der Waals surface area contributed by atoms with Crippen molar-refractivity contribution in [2.75, 3.05) is 5.75 Å². The molecule has 0 spiro atoms. The Morgan fingerprint density at radius 2 is 1.93 bits per heavy atom. The lowest BCUT2D eigenvalue weighted by atomic mass is 10.1. The maximum absolute atomic E-state index is 12.6. The molecule has 0 N–H and O–H groups in total. The topological polar surface area (TPSA) is 104 Å². The molecule has 0 saturated heterocycles. The number of aromatic nitrogens is 3. The van der Waals surface area contributed by atoms with Crippen LogP contribution in [0, 0.1) is 10.1 Å². The highest BCUT2D eigenvalue weighted by molar-refractivity contribution is 7.99. The number of thioether (sulfide) groups is 1. The molecule has 0 amide bonds. The van der Waals surface area contributed by atoms with E-state index in [2.05, 4.69) is 10.2 Å². The Kier molecular flexibility index (Phi) is 5.64. The van der Waals surface area contributed by atoms with Gasteiger partial charge in [0.2, 0.25) is 5.82 Å². The zero-order chi connectivity index (χ0) is 21.1. The lowest BCUT2D eigenvalue weighted by Gasteiger charge is -2.09. The van der Waals surface area contributed by atoms with Gasteiger partial charge in [-0.2, -0.15) is 0 Å². The van der Waals surface area contributed by atoms with Crippen molar-refractivity contribution in [1.82, 2.24) is 14.8 Å². The predicted molar refractivity (Wildman–Crippen MR) is 112 cm³/mol. The Balaban J connectivity index is 1.63. The van der Waals surface area contributed by atoms with E-state index in [0.717, 1.165) is 5.69 Å². The van der Waals surface area contributed by atoms with Crippen LogP contribution < -0.4 is 0 Å². The van der Waals surface area contributed by atoms with Gasteiger partial charge in [-0.15, -0.1) is 10.2 Å². The number of hydrogen-bond acceptors (Lipinski definition) is 7. The number of carbonyl (C=O) groups is 1. The average molecular weight is 441 g/mol. The lowest BCUT2D eigenvalue weighted by molar-refractivity contribution is -0.384. The SMILES string of the molecule is O=C(CSc1nnc(-c2ccco2)n1-c1ccc(Cl)cc1)c1cccc([N+](=O)[O-])c1. The Labute approximate surface area is 179 Å². The zero-order valence-electron chi connectivity index (χ0n) is 15.3. The molecule has 0 aliphatic rings. The molecule has 0 aliphatic carbocycles. The third-order valence-electron chi connectivity index (χ3n) is 4.17. The highest BCUT2D eigenvalue weighted by atomic mass is 35.5. The second-order valence-corrected chi connectivity index (χ2v) is 7.49. The van der Waals surface area contributed by atoms with Crippen LogP contribution in [0.3, 0.4) is 0 Å². The van der Waals surface area contributed by atoms with Gasteiger partial charge in [0.15, 0.2) is 16.7 Å². The third kappa shape index (κ3) is 4.12. The van der Waals surface area contributed by atoms with E-state index < -0.39 is 4.92 Å². The maximum atomic E-state index is 12.6. The van der Waals surface area contributed by atoms with Gasteiger partial charge in [0.25, 0.3) is 5.69 Å². The summed E-state index contributed by atoms with van der Waals surface area (Å²) in [5, 5.41) is 20.4. The highest BCUT2D eigenvalue weighted by Crippen LogP contribution is 2.29. The lowest BCUT2D eigenvalue weighted by Crippen LogP contribution is -2.05. The molecule has 0 radical (unpaired) electrons. The summed E-state index contributed by atoms with van der Waals surface area (Å²) in [6.45, 7) is 0. The van der Waals surface area contributed by atoms with Crippen LogP contribution in [-0.2, 0) is 0 Å². The summed E-state index contributed by atoms with van der Waals surface area (Å²) >= 11 is 7.18. The molecule has 0 aliphatic heterocycles. The minimum absolute atomic E-state index is 0.0328. The quantitative estimate of drug-likeness (QED) is 0.171. The van der Waals surface area contributed by atoms with Crippen LogP contribution in [0.15, 0.2) is 76.5 Å². The molecular weight excluding hydrogens is 428 g/mol. The maximum Gasteiger partial charge on any atom is 0.270 e. The van der Waals surface area contributed by atoms with E-state index >= 15 is 0 Å². The molecule has 30 heavy (non-hydrogen) atoms. The van der Waals surface area contributed by atoms with Crippen molar-refractivity contribution in [3.63, 3.8) is 0 Å². The van der Waals surface area contributed by atoms with E-state index in [1.54, 1.807) is 34.9 Å². The van der Waals surface area contributed by atoms with Gasteiger partial charge in [-0.3, -0.25) is 19.5 Å². The van der Waals surface area contributed by atoms with E-state index in [1.807, 2.05) is 12.1 Å². The number of non-ortho nitro benzene ring substituents is 1. The second kappa shape index (κ2) is 8.52. The number of ketones is 1. The van der Waals surface area contributed by atoms with Crippen molar-refractivity contribution < 1.29 is 14.1 Å². The van der Waals surface area contributed by atoms with Gasteiger partial charge in [-0.1, -0.05) is 35.5 Å². The predicted octanol–water partition coefficient (Wildman–Crippen LogP) is 5.06. The molecule has 0 saturated carbocycles. The minimum atomic E-state index is -0.531. The first kappa shape index (κ1) is 19.9.